The minimum atomic E-state index is -0.851. The van der Waals surface area contributed by atoms with E-state index < -0.39 is 23.4 Å². The highest BCUT2D eigenvalue weighted by molar-refractivity contribution is 5.92. The molecule has 160 valence electrons. The van der Waals surface area contributed by atoms with Gasteiger partial charge in [-0.2, -0.15) is 0 Å². The normalized spacial score (nSPS) is 10.1. The molecule has 0 radical (unpaired) electrons. The Morgan fingerprint density at radius 2 is 1.63 bits per heavy atom. The van der Waals surface area contributed by atoms with Gasteiger partial charge in [-0.3, -0.25) is 14.9 Å². The summed E-state index contributed by atoms with van der Waals surface area (Å²) in [4.78, 5) is 34.3. The molecule has 0 saturated heterocycles. The summed E-state index contributed by atoms with van der Waals surface area (Å²) in [6.45, 7) is -0.190. The molecule has 2 rings (SSSR count). The lowest BCUT2D eigenvalue weighted by Gasteiger charge is -2.10. The molecule has 0 aliphatic heterocycles. The van der Waals surface area contributed by atoms with Crippen LogP contribution in [0.4, 0.5) is 5.69 Å². The Morgan fingerprint density at radius 3 is 2.27 bits per heavy atom. The number of esters is 1. The zero-order valence-corrected chi connectivity index (χ0v) is 16.8. The zero-order valence-electron chi connectivity index (χ0n) is 16.8. The first-order valence-corrected chi connectivity index (χ1v) is 8.86. The van der Waals surface area contributed by atoms with Crippen LogP contribution in [0.3, 0.4) is 0 Å². The van der Waals surface area contributed by atoms with E-state index in [4.69, 9.17) is 18.9 Å². The molecule has 0 aromatic heterocycles. The fourth-order valence-electron chi connectivity index (χ4n) is 2.61. The Kier molecular flexibility index (Phi) is 7.98. The molecule has 0 saturated carbocycles. The van der Waals surface area contributed by atoms with Crippen LogP contribution < -0.4 is 19.5 Å². The van der Waals surface area contributed by atoms with Crippen LogP contribution in [-0.2, 0) is 16.0 Å². The molecule has 0 atom stereocenters. The molecule has 0 fully saturated rings. The first-order chi connectivity index (χ1) is 14.4. The number of carbonyl (C=O) groups is 2. The maximum Gasteiger partial charge on any atom is 0.338 e. The van der Waals surface area contributed by atoms with Crippen molar-refractivity contribution in [3.63, 3.8) is 0 Å². The van der Waals surface area contributed by atoms with Crippen molar-refractivity contribution in [2.45, 2.75) is 6.42 Å². The smallest absolute Gasteiger partial charge is 0.338 e. The first-order valence-electron chi connectivity index (χ1n) is 8.86. The van der Waals surface area contributed by atoms with Crippen molar-refractivity contribution >= 4 is 17.6 Å². The molecule has 0 bridgehead atoms. The average Bonchev–Trinajstić information content (AvgIpc) is 2.76. The average molecular weight is 418 g/mol. The largest absolute Gasteiger partial charge is 0.493 e. The van der Waals surface area contributed by atoms with Crippen LogP contribution in [0.15, 0.2) is 36.4 Å². The summed E-state index contributed by atoms with van der Waals surface area (Å²) < 4.78 is 20.2. The molecule has 0 unspecified atom stereocenters. The summed E-state index contributed by atoms with van der Waals surface area (Å²) in [5, 5.41) is 13.7. The topological polar surface area (TPSA) is 126 Å². The fraction of sp³-hybridized carbons (Fsp3) is 0.300. The van der Waals surface area contributed by atoms with Crippen molar-refractivity contribution in [2.75, 3.05) is 34.5 Å². The minimum Gasteiger partial charge on any atom is -0.493 e. The Labute approximate surface area is 172 Å². The second-order valence-electron chi connectivity index (χ2n) is 6.01. The highest BCUT2D eigenvalue weighted by Crippen LogP contribution is 2.28. The van der Waals surface area contributed by atoms with Crippen molar-refractivity contribution in [1.82, 2.24) is 5.32 Å². The Hall–Kier alpha value is -3.82. The molecule has 1 amide bonds. The third kappa shape index (κ3) is 5.84. The van der Waals surface area contributed by atoms with Gasteiger partial charge >= 0.3 is 11.7 Å². The second kappa shape index (κ2) is 10.6. The number of nitrogens with zero attached hydrogens (tertiary/aromatic N) is 1. The molecule has 0 aliphatic rings. The van der Waals surface area contributed by atoms with Gasteiger partial charge in [0.2, 0.25) is 0 Å². The lowest BCUT2D eigenvalue weighted by atomic mass is 10.1. The van der Waals surface area contributed by atoms with Gasteiger partial charge in [0.1, 0.15) is 0 Å². The summed E-state index contributed by atoms with van der Waals surface area (Å²) in [5.41, 5.74) is 0.502. The van der Waals surface area contributed by atoms with Gasteiger partial charge in [-0.1, -0.05) is 6.07 Å². The minimum absolute atomic E-state index is 0.0180. The summed E-state index contributed by atoms with van der Waals surface area (Å²) in [5.74, 6) is -0.133. The van der Waals surface area contributed by atoms with Crippen LogP contribution in [-0.4, -0.2) is 51.3 Å². The molecule has 1 N–H and O–H groups in total. The van der Waals surface area contributed by atoms with Gasteiger partial charge in [-0.05, 0) is 36.2 Å². The number of amides is 1. The fourth-order valence-corrected chi connectivity index (χ4v) is 2.61. The number of nitro benzene ring substituents is 1. The quantitative estimate of drug-likeness (QED) is 0.353. The lowest BCUT2D eigenvalue weighted by molar-refractivity contribution is -0.385. The van der Waals surface area contributed by atoms with E-state index in [9.17, 15) is 19.7 Å². The van der Waals surface area contributed by atoms with Crippen LogP contribution in [0.25, 0.3) is 0 Å². The predicted molar refractivity (Wildman–Crippen MR) is 106 cm³/mol. The number of methoxy groups -OCH3 is 3. The highest BCUT2D eigenvalue weighted by atomic mass is 16.6. The van der Waals surface area contributed by atoms with Gasteiger partial charge in [0.05, 0.1) is 31.8 Å². The third-order valence-electron chi connectivity index (χ3n) is 4.13. The lowest BCUT2D eigenvalue weighted by Crippen LogP contribution is -2.30. The zero-order chi connectivity index (χ0) is 22.1. The van der Waals surface area contributed by atoms with Crippen LogP contribution in [0.1, 0.15) is 15.9 Å². The molecular weight excluding hydrogens is 396 g/mol. The van der Waals surface area contributed by atoms with E-state index in [1.54, 1.807) is 13.2 Å². The Bertz CT molecular complexity index is 929. The maximum atomic E-state index is 12.1. The van der Waals surface area contributed by atoms with Crippen molar-refractivity contribution in [1.29, 1.82) is 0 Å². The van der Waals surface area contributed by atoms with Crippen LogP contribution in [0.5, 0.6) is 17.2 Å². The van der Waals surface area contributed by atoms with Gasteiger partial charge in [-0.25, -0.2) is 4.79 Å². The first kappa shape index (κ1) is 22.5. The molecule has 10 nitrogen and oxygen atoms in total. The molecule has 10 heteroatoms. The van der Waals surface area contributed by atoms with Gasteiger partial charge < -0.3 is 24.3 Å². The van der Waals surface area contributed by atoms with Gasteiger partial charge in [-0.15, -0.1) is 0 Å². The maximum absolute atomic E-state index is 12.1. The number of ether oxygens (including phenoxy) is 4. The van der Waals surface area contributed by atoms with Crippen molar-refractivity contribution in [3.8, 4) is 17.2 Å². The highest BCUT2D eigenvalue weighted by Gasteiger charge is 2.19. The molecule has 0 spiro atoms. The van der Waals surface area contributed by atoms with Crippen molar-refractivity contribution < 1.29 is 33.5 Å². The predicted octanol–water partition coefficient (Wildman–Crippen LogP) is 2.14. The van der Waals surface area contributed by atoms with E-state index in [0.29, 0.717) is 24.5 Å². The second-order valence-corrected chi connectivity index (χ2v) is 6.01. The Balaban J connectivity index is 1.84. The number of nitro groups is 1. The molecule has 2 aromatic rings. The number of hydrogen-bond donors (Lipinski definition) is 1. The number of rotatable bonds is 10. The van der Waals surface area contributed by atoms with E-state index in [1.165, 1.54) is 26.4 Å². The van der Waals surface area contributed by atoms with E-state index in [1.807, 2.05) is 12.1 Å². The summed E-state index contributed by atoms with van der Waals surface area (Å²) >= 11 is 0. The molecule has 0 aliphatic carbocycles. The third-order valence-corrected chi connectivity index (χ3v) is 4.13. The number of carbonyl (C=O) groups excluding carboxylic acids is 2. The molecular formula is C20H22N2O8. The Morgan fingerprint density at radius 1 is 0.967 bits per heavy atom. The van der Waals surface area contributed by atoms with Crippen molar-refractivity contribution in [3.05, 3.63) is 57.6 Å². The SMILES string of the molecule is COc1ccc(CCNC(=O)COC(=O)c2ccc(OC)c([N+](=O)[O-])c2)cc1OC. The van der Waals surface area contributed by atoms with Crippen LogP contribution in [0.2, 0.25) is 0 Å². The summed E-state index contributed by atoms with van der Waals surface area (Å²) in [6, 6.07) is 9.08. The number of nitrogens with one attached hydrogen (secondary N) is 1. The molecule has 0 heterocycles. The van der Waals surface area contributed by atoms with Crippen molar-refractivity contribution in [2.24, 2.45) is 0 Å². The summed E-state index contributed by atoms with van der Waals surface area (Å²) in [6.07, 6.45) is 0.532. The van der Waals surface area contributed by atoms with Gasteiger partial charge in [0.15, 0.2) is 23.9 Å². The standard InChI is InChI=1S/C20H22N2O8/c1-27-16-7-5-14(11-15(16)22(25)26)20(24)30-12-19(23)21-9-8-13-4-6-17(28-2)18(10-13)29-3/h4-7,10-11H,8-9,12H2,1-3H3,(H,21,23). The molecule has 30 heavy (non-hydrogen) atoms. The van der Waals surface area contributed by atoms with E-state index in [-0.39, 0.29) is 17.0 Å². The van der Waals surface area contributed by atoms with E-state index in [0.717, 1.165) is 11.6 Å². The van der Waals surface area contributed by atoms with Gasteiger partial charge in [0, 0.05) is 12.6 Å². The van der Waals surface area contributed by atoms with Gasteiger partial charge in [0.25, 0.3) is 5.91 Å². The number of hydrogen-bond acceptors (Lipinski definition) is 8. The van der Waals surface area contributed by atoms with Crippen LogP contribution >= 0.6 is 0 Å². The summed E-state index contributed by atoms with van der Waals surface area (Å²) in [7, 11) is 4.37. The van der Waals surface area contributed by atoms with Crippen LogP contribution in [0, 0.1) is 10.1 Å². The molecule has 2 aromatic carbocycles. The van der Waals surface area contributed by atoms with E-state index in [2.05, 4.69) is 5.32 Å². The number of benzene rings is 2. The monoisotopic (exact) mass is 418 g/mol. The van der Waals surface area contributed by atoms with E-state index >= 15 is 0 Å².